The number of nitrogens with zero attached hydrogens (tertiary/aromatic N) is 2. The van der Waals surface area contributed by atoms with Crippen LogP contribution in [0.25, 0.3) is 0 Å². The highest BCUT2D eigenvalue weighted by molar-refractivity contribution is 5.95. The Kier molecular flexibility index (Phi) is 4.64. The normalized spacial score (nSPS) is 17.5. The molecule has 2 heterocycles. The number of esters is 1. The molecular formula is C18H20N2O4. The molecule has 6 heteroatoms. The molecule has 1 atom stereocenters. The molecule has 1 aliphatic heterocycles. The first-order valence-electron chi connectivity index (χ1n) is 8.02. The molecule has 1 aromatic carbocycles. The summed E-state index contributed by atoms with van der Waals surface area (Å²) < 4.78 is 10.6. The van der Waals surface area contributed by atoms with Crippen LogP contribution in [0.15, 0.2) is 41.1 Å². The lowest BCUT2D eigenvalue weighted by Gasteiger charge is -2.16. The summed E-state index contributed by atoms with van der Waals surface area (Å²) in [5.41, 5.74) is 1.09. The summed E-state index contributed by atoms with van der Waals surface area (Å²) in [6.07, 6.45) is 1.63. The van der Waals surface area contributed by atoms with Crippen LogP contribution in [-0.2, 0) is 9.53 Å². The summed E-state index contributed by atoms with van der Waals surface area (Å²) in [7, 11) is 0. The summed E-state index contributed by atoms with van der Waals surface area (Å²) in [4.78, 5) is 30.0. The smallest absolute Gasteiger partial charge is 0.360 e. The van der Waals surface area contributed by atoms with Gasteiger partial charge in [0.25, 0.3) is 0 Å². The zero-order valence-corrected chi connectivity index (χ0v) is 13.8. The number of anilines is 1. The van der Waals surface area contributed by atoms with Gasteiger partial charge in [0.2, 0.25) is 5.91 Å². The van der Waals surface area contributed by atoms with Crippen molar-refractivity contribution in [3.63, 3.8) is 0 Å². The van der Waals surface area contributed by atoms with Crippen molar-refractivity contribution < 1.29 is 18.7 Å². The van der Waals surface area contributed by atoms with Crippen molar-refractivity contribution >= 4 is 17.6 Å². The van der Waals surface area contributed by atoms with E-state index in [0.29, 0.717) is 18.7 Å². The van der Waals surface area contributed by atoms with Crippen LogP contribution in [-0.4, -0.2) is 30.0 Å². The van der Waals surface area contributed by atoms with Gasteiger partial charge in [-0.1, -0.05) is 32.0 Å². The highest BCUT2D eigenvalue weighted by Gasteiger charge is 2.32. The van der Waals surface area contributed by atoms with Crippen LogP contribution in [0.1, 0.15) is 42.4 Å². The van der Waals surface area contributed by atoms with Crippen molar-refractivity contribution in [2.75, 3.05) is 18.1 Å². The predicted molar refractivity (Wildman–Crippen MR) is 87.8 cm³/mol. The van der Waals surface area contributed by atoms with Crippen LogP contribution in [0.3, 0.4) is 0 Å². The van der Waals surface area contributed by atoms with Crippen molar-refractivity contribution in [3.8, 4) is 0 Å². The maximum Gasteiger partial charge on any atom is 0.360 e. The number of para-hydroxylation sites is 1. The number of aromatic nitrogens is 1. The maximum absolute atomic E-state index is 12.2. The molecule has 0 bridgehead atoms. The third-order valence-electron chi connectivity index (χ3n) is 4.04. The number of carbonyl (C=O) groups excluding carboxylic acids is 2. The highest BCUT2D eigenvalue weighted by atomic mass is 16.5. The number of hydrogen-bond acceptors (Lipinski definition) is 5. The average Bonchev–Trinajstić information content (AvgIpc) is 3.20. The summed E-state index contributed by atoms with van der Waals surface area (Å²) >= 11 is 0. The van der Waals surface area contributed by atoms with Crippen LogP contribution in [0, 0.1) is 5.92 Å². The fraction of sp³-hybridized carbons (Fsp3) is 0.389. The number of amides is 1. The highest BCUT2D eigenvalue weighted by Crippen LogP contribution is 2.25. The molecule has 1 fully saturated rings. The number of carbonyl (C=O) groups is 2. The van der Waals surface area contributed by atoms with Gasteiger partial charge in [-0.3, -0.25) is 4.79 Å². The third-order valence-corrected chi connectivity index (χ3v) is 4.04. The Morgan fingerprint density at radius 2 is 2.12 bits per heavy atom. The Labute approximate surface area is 140 Å². The fourth-order valence-corrected chi connectivity index (χ4v) is 2.83. The molecule has 2 aromatic rings. The first-order chi connectivity index (χ1) is 11.6. The Morgan fingerprint density at radius 1 is 1.38 bits per heavy atom. The van der Waals surface area contributed by atoms with Crippen LogP contribution >= 0.6 is 0 Å². The molecule has 1 aliphatic rings. The summed E-state index contributed by atoms with van der Waals surface area (Å²) in [6.45, 7) is 4.58. The van der Waals surface area contributed by atoms with Crippen LogP contribution in [0.4, 0.5) is 5.69 Å². The minimum Gasteiger partial charge on any atom is -0.460 e. The van der Waals surface area contributed by atoms with E-state index in [9.17, 15) is 9.59 Å². The van der Waals surface area contributed by atoms with E-state index in [1.165, 1.54) is 6.39 Å². The van der Waals surface area contributed by atoms with E-state index in [1.807, 2.05) is 44.2 Å². The number of hydrogen-bond donors (Lipinski definition) is 0. The second-order valence-electron chi connectivity index (χ2n) is 6.23. The van der Waals surface area contributed by atoms with Crippen LogP contribution in [0.2, 0.25) is 0 Å². The van der Waals surface area contributed by atoms with Crippen molar-refractivity contribution in [2.45, 2.75) is 26.2 Å². The minimum absolute atomic E-state index is 0.0175. The Hall–Kier alpha value is -2.63. The molecule has 0 spiro atoms. The van der Waals surface area contributed by atoms with Gasteiger partial charge in [0, 0.05) is 30.5 Å². The summed E-state index contributed by atoms with van der Waals surface area (Å²) in [6, 6.07) is 9.50. The minimum atomic E-state index is -0.502. The Morgan fingerprint density at radius 3 is 2.83 bits per heavy atom. The predicted octanol–water partition coefficient (Wildman–Crippen LogP) is 3.01. The number of benzene rings is 1. The van der Waals surface area contributed by atoms with Crippen molar-refractivity contribution in [3.05, 3.63) is 48.2 Å². The van der Waals surface area contributed by atoms with E-state index in [2.05, 4.69) is 4.98 Å². The van der Waals surface area contributed by atoms with Crippen molar-refractivity contribution in [1.29, 1.82) is 0 Å². The molecule has 0 aliphatic carbocycles. The first kappa shape index (κ1) is 16.2. The van der Waals surface area contributed by atoms with E-state index in [0.717, 1.165) is 5.69 Å². The van der Waals surface area contributed by atoms with Gasteiger partial charge in [0.15, 0.2) is 12.1 Å². The molecule has 6 nitrogen and oxygen atoms in total. The van der Waals surface area contributed by atoms with Gasteiger partial charge in [0.05, 0.1) is 6.61 Å². The lowest BCUT2D eigenvalue weighted by Crippen LogP contribution is -2.25. The lowest BCUT2D eigenvalue weighted by atomic mass is 10.1. The standard InChI is InChI=1S/C18H20N2O4/c1-12(2)17-16(19-11-24-17)18(22)23-10-13-8-15(21)20(9-13)14-6-4-3-5-7-14/h3-7,11-13H,8-10H2,1-2H3. The fourth-order valence-electron chi connectivity index (χ4n) is 2.83. The van der Waals surface area contributed by atoms with E-state index < -0.39 is 5.97 Å². The van der Waals surface area contributed by atoms with Gasteiger partial charge in [-0.25, -0.2) is 9.78 Å². The molecule has 0 radical (unpaired) electrons. The maximum atomic E-state index is 12.2. The second kappa shape index (κ2) is 6.86. The van der Waals surface area contributed by atoms with Gasteiger partial charge < -0.3 is 14.1 Å². The van der Waals surface area contributed by atoms with E-state index in [-0.39, 0.29) is 30.0 Å². The Balaban J connectivity index is 1.59. The average molecular weight is 328 g/mol. The van der Waals surface area contributed by atoms with Crippen molar-refractivity contribution in [2.24, 2.45) is 5.92 Å². The molecule has 1 saturated heterocycles. The van der Waals surface area contributed by atoms with Gasteiger partial charge in [-0.2, -0.15) is 0 Å². The molecule has 3 rings (SSSR count). The summed E-state index contributed by atoms with van der Waals surface area (Å²) in [5.74, 6) is 0.103. The second-order valence-corrected chi connectivity index (χ2v) is 6.23. The van der Waals surface area contributed by atoms with E-state index in [1.54, 1.807) is 4.90 Å². The molecule has 1 amide bonds. The largest absolute Gasteiger partial charge is 0.460 e. The topological polar surface area (TPSA) is 72.6 Å². The van der Waals surface area contributed by atoms with Crippen LogP contribution < -0.4 is 4.90 Å². The van der Waals surface area contributed by atoms with Gasteiger partial charge in [-0.15, -0.1) is 0 Å². The SMILES string of the molecule is CC(C)c1ocnc1C(=O)OCC1CC(=O)N(c2ccccc2)C1. The molecule has 1 unspecified atom stereocenters. The lowest BCUT2D eigenvalue weighted by molar-refractivity contribution is -0.117. The van der Waals surface area contributed by atoms with Gasteiger partial charge >= 0.3 is 5.97 Å². The molecular weight excluding hydrogens is 308 g/mol. The zero-order chi connectivity index (χ0) is 17.1. The van der Waals surface area contributed by atoms with Crippen LogP contribution in [0.5, 0.6) is 0 Å². The molecule has 0 saturated carbocycles. The molecule has 0 N–H and O–H groups in total. The number of oxazole rings is 1. The zero-order valence-electron chi connectivity index (χ0n) is 13.8. The summed E-state index contributed by atoms with van der Waals surface area (Å²) in [5, 5.41) is 0. The van der Waals surface area contributed by atoms with E-state index >= 15 is 0 Å². The number of rotatable bonds is 5. The number of ether oxygens (including phenoxy) is 1. The molecule has 24 heavy (non-hydrogen) atoms. The first-order valence-corrected chi connectivity index (χ1v) is 8.02. The van der Waals surface area contributed by atoms with Gasteiger partial charge in [0.1, 0.15) is 5.76 Å². The quantitative estimate of drug-likeness (QED) is 0.789. The van der Waals surface area contributed by atoms with Crippen molar-refractivity contribution in [1.82, 2.24) is 4.98 Å². The van der Waals surface area contributed by atoms with Gasteiger partial charge in [-0.05, 0) is 12.1 Å². The molecule has 126 valence electrons. The molecule has 1 aromatic heterocycles. The Bertz CT molecular complexity index is 724. The monoisotopic (exact) mass is 328 g/mol. The van der Waals surface area contributed by atoms with E-state index in [4.69, 9.17) is 9.15 Å². The third kappa shape index (κ3) is 3.32.